The van der Waals surface area contributed by atoms with Crippen LogP contribution >= 0.6 is 0 Å². The lowest BCUT2D eigenvalue weighted by Gasteiger charge is -2.32. The summed E-state index contributed by atoms with van der Waals surface area (Å²) in [6.07, 6.45) is 0.00362. The van der Waals surface area contributed by atoms with E-state index in [-0.39, 0.29) is 24.1 Å². The van der Waals surface area contributed by atoms with Crippen LogP contribution in [0.15, 0.2) is 29.3 Å². The van der Waals surface area contributed by atoms with Gasteiger partial charge in [0.15, 0.2) is 0 Å². The third-order valence-corrected chi connectivity index (χ3v) is 3.99. The van der Waals surface area contributed by atoms with Gasteiger partial charge in [0.25, 0.3) is 0 Å². The van der Waals surface area contributed by atoms with Crippen LogP contribution in [-0.2, 0) is 19.1 Å². The molecule has 3 rings (SSSR count). The SMILES string of the molecule is CC(=O)Nc1ccc(NC(=O)[C@H]2CC(=O)NC(N3CCOCC3)=N2)cc1. The monoisotopic (exact) mass is 359 g/mol. The van der Waals surface area contributed by atoms with Crippen molar-refractivity contribution in [1.82, 2.24) is 10.2 Å². The number of hydrogen-bond acceptors (Lipinski definition) is 6. The Labute approximate surface area is 150 Å². The zero-order chi connectivity index (χ0) is 18.5. The number of carbonyl (C=O) groups is 3. The minimum absolute atomic E-state index is 0.00362. The second-order valence-electron chi connectivity index (χ2n) is 6.07. The highest BCUT2D eigenvalue weighted by Crippen LogP contribution is 2.16. The molecule has 0 unspecified atom stereocenters. The molecule has 1 aromatic rings. The maximum atomic E-state index is 12.5. The summed E-state index contributed by atoms with van der Waals surface area (Å²) in [4.78, 5) is 41.8. The van der Waals surface area contributed by atoms with Crippen LogP contribution in [0.25, 0.3) is 0 Å². The maximum absolute atomic E-state index is 12.5. The fourth-order valence-corrected chi connectivity index (χ4v) is 2.73. The topological polar surface area (TPSA) is 112 Å². The van der Waals surface area contributed by atoms with Crippen LogP contribution in [0, 0.1) is 0 Å². The highest BCUT2D eigenvalue weighted by atomic mass is 16.5. The van der Waals surface area contributed by atoms with E-state index in [2.05, 4.69) is 20.9 Å². The van der Waals surface area contributed by atoms with E-state index in [9.17, 15) is 14.4 Å². The average Bonchev–Trinajstić information content (AvgIpc) is 2.63. The van der Waals surface area contributed by atoms with Crippen molar-refractivity contribution in [2.75, 3.05) is 36.9 Å². The van der Waals surface area contributed by atoms with Crippen molar-refractivity contribution in [3.8, 4) is 0 Å². The summed E-state index contributed by atoms with van der Waals surface area (Å²) in [5.41, 5.74) is 1.21. The number of amides is 3. The Hall–Kier alpha value is -2.94. The van der Waals surface area contributed by atoms with Crippen LogP contribution in [0.3, 0.4) is 0 Å². The van der Waals surface area contributed by atoms with Gasteiger partial charge in [0.2, 0.25) is 23.7 Å². The smallest absolute Gasteiger partial charge is 0.249 e. The average molecular weight is 359 g/mol. The van der Waals surface area contributed by atoms with Gasteiger partial charge in [-0.25, -0.2) is 4.99 Å². The number of aliphatic imine (C=N–C) groups is 1. The summed E-state index contributed by atoms with van der Waals surface area (Å²) >= 11 is 0. The van der Waals surface area contributed by atoms with Gasteiger partial charge in [-0.15, -0.1) is 0 Å². The van der Waals surface area contributed by atoms with E-state index < -0.39 is 6.04 Å². The van der Waals surface area contributed by atoms with Crippen molar-refractivity contribution in [1.29, 1.82) is 0 Å². The minimum Gasteiger partial charge on any atom is -0.378 e. The van der Waals surface area contributed by atoms with E-state index in [1.807, 2.05) is 4.90 Å². The molecule has 26 heavy (non-hydrogen) atoms. The summed E-state index contributed by atoms with van der Waals surface area (Å²) < 4.78 is 5.29. The largest absolute Gasteiger partial charge is 0.378 e. The number of benzene rings is 1. The van der Waals surface area contributed by atoms with E-state index in [0.29, 0.717) is 43.6 Å². The third-order valence-electron chi connectivity index (χ3n) is 3.99. The van der Waals surface area contributed by atoms with Crippen molar-refractivity contribution in [3.63, 3.8) is 0 Å². The fourth-order valence-electron chi connectivity index (χ4n) is 2.73. The number of ether oxygens (including phenoxy) is 1. The Bertz CT molecular complexity index is 725. The lowest BCUT2D eigenvalue weighted by molar-refractivity contribution is -0.125. The van der Waals surface area contributed by atoms with Crippen LogP contribution in [0.2, 0.25) is 0 Å². The van der Waals surface area contributed by atoms with Gasteiger partial charge in [0, 0.05) is 31.4 Å². The summed E-state index contributed by atoms with van der Waals surface area (Å²) in [5, 5.41) is 8.13. The lowest BCUT2D eigenvalue weighted by atomic mass is 10.1. The molecule has 138 valence electrons. The standard InChI is InChI=1S/C17H21N5O4/c1-11(23)18-12-2-4-13(5-3-12)19-16(25)14-10-15(24)21-17(20-14)22-6-8-26-9-7-22/h2-5,14H,6-10H2,1H3,(H,18,23)(H,19,25)(H,20,21,24)/t14-/m1/s1. The molecule has 9 nitrogen and oxygen atoms in total. The van der Waals surface area contributed by atoms with E-state index in [0.717, 1.165) is 0 Å². The van der Waals surface area contributed by atoms with E-state index in [1.165, 1.54) is 6.92 Å². The number of guanidine groups is 1. The Balaban J connectivity index is 1.66. The van der Waals surface area contributed by atoms with Crippen molar-refractivity contribution >= 4 is 35.1 Å². The molecule has 0 aromatic heterocycles. The molecule has 2 aliphatic rings. The van der Waals surface area contributed by atoms with Gasteiger partial charge in [0.05, 0.1) is 19.6 Å². The molecule has 3 N–H and O–H groups in total. The van der Waals surface area contributed by atoms with Gasteiger partial charge in [0.1, 0.15) is 6.04 Å². The molecule has 0 bridgehead atoms. The van der Waals surface area contributed by atoms with Gasteiger partial charge < -0.3 is 20.3 Å². The summed E-state index contributed by atoms with van der Waals surface area (Å²) in [7, 11) is 0. The predicted molar refractivity (Wildman–Crippen MR) is 95.8 cm³/mol. The first kappa shape index (κ1) is 17.9. The van der Waals surface area contributed by atoms with Crippen molar-refractivity contribution in [3.05, 3.63) is 24.3 Å². The van der Waals surface area contributed by atoms with Crippen molar-refractivity contribution in [2.24, 2.45) is 4.99 Å². The van der Waals surface area contributed by atoms with Crippen LogP contribution in [0.5, 0.6) is 0 Å². The van der Waals surface area contributed by atoms with Gasteiger partial charge in [-0.05, 0) is 24.3 Å². The summed E-state index contributed by atoms with van der Waals surface area (Å²) in [6, 6.07) is 5.95. The quantitative estimate of drug-likeness (QED) is 0.712. The Kier molecular flexibility index (Phi) is 5.47. The van der Waals surface area contributed by atoms with E-state index >= 15 is 0 Å². The van der Waals surface area contributed by atoms with Gasteiger partial charge >= 0.3 is 0 Å². The zero-order valence-corrected chi connectivity index (χ0v) is 14.4. The maximum Gasteiger partial charge on any atom is 0.249 e. The van der Waals surface area contributed by atoms with Crippen LogP contribution in [0.1, 0.15) is 13.3 Å². The highest BCUT2D eigenvalue weighted by Gasteiger charge is 2.29. The Morgan fingerprint density at radius 3 is 2.38 bits per heavy atom. The second kappa shape index (κ2) is 7.96. The highest BCUT2D eigenvalue weighted by molar-refractivity contribution is 6.06. The molecule has 3 amide bonds. The molecule has 1 atom stereocenters. The molecule has 2 aliphatic heterocycles. The first-order valence-electron chi connectivity index (χ1n) is 8.40. The Morgan fingerprint density at radius 2 is 1.77 bits per heavy atom. The van der Waals surface area contributed by atoms with Crippen LogP contribution < -0.4 is 16.0 Å². The van der Waals surface area contributed by atoms with Gasteiger partial charge in [-0.2, -0.15) is 0 Å². The number of hydrogen-bond donors (Lipinski definition) is 3. The van der Waals surface area contributed by atoms with Crippen molar-refractivity contribution < 1.29 is 19.1 Å². The number of anilines is 2. The van der Waals surface area contributed by atoms with E-state index in [1.54, 1.807) is 24.3 Å². The normalized spacial score (nSPS) is 20.0. The molecule has 0 saturated carbocycles. The van der Waals surface area contributed by atoms with E-state index in [4.69, 9.17) is 4.74 Å². The number of carbonyl (C=O) groups excluding carboxylic acids is 3. The van der Waals surface area contributed by atoms with Crippen LogP contribution in [0.4, 0.5) is 11.4 Å². The van der Waals surface area contributed by atoms with Gasteiger partial charge in [-0.1, -0.05) is 0 Å². The molecule has 9 heteroatoms. The zero-order valence-electron chi connectivity index (χ0n) is 14.4. The third kappa shape index (κ3) is 4.57. The van der Waals surface area contributed by atoms with Crippen LogP contribution in [-0.4, -0.2) is 60.9 Å². The number of morpholine rings is 1. The molecule has 0 aliphatic carbocycles. The Morgan fingerprint density at radius 1 is 1.15 bits per heavy atom. The number of nitrogens with one attached hydrogen (secondary N) is 3. The second-order valence-corrected chi connectivity index (χ2v) is 6.07. The first-order valence-corrected chi connectivity index (χ1v) is 8.40. The molecule has 0 spiro atoms. The summed E-state index contributed by atoms with van der Waals surface area (Å²) in [5.74, 6) is -0.328. The molecule has 1 saturated heterocycles. The van der Waals surface area contributed by atoms with Crippen molar-refractivity contribution in [2.45, 2.75) is 19.4 Å². The molecular weight excluding hydrogens is 338 g/mol. The number of rotatable bonds is 3. The molecule has 2 heterocycles. The van der Waals surface area contributed by atoms with Gasteiger partial charge in [-0.3, -0.25) is 19.7 Å². The molecule has 1 fully saturated rings. The fraction of sp³-hybridized carbons (Fsp3) is 0.412. The minimum atomic E-state index is -0.781. The first-order chi connectivity index (χ1) is 12.5. The predicted octanol–water partition coefficient (Wildman–Crippen LogP) is 0.160. The molecule has 0 radical (unpaired) electrons. The number of nitrogens with zero attached hydrogens (tertiary/aromatic N) is 2. The summed E-state index contributed by atoms with van der Waals surface area (Å²) in [6.45, 7) is 3.79. The lowest BCUT2D eigenvalue weighted by Crippen LogP contribution is -2.53. The molecular formula is C17H21N5O4. The molecule has 1 aromatic carbocycles.